The van der Waals surface area contributed by atoms with Crippen molar-refractivity contribution in [2.24, 2.45) is 5.10 Å². The summed E-state index contributed by atoms with van der Waals surface area (Å²) in [5.41, 5.74) is 5.58. The van der Waals surface area contributed by atoms with E-state index in [-0.39, 0.29) is 18.3 Å². The molecule has 1 fully saturated rings. The average Bonchev–Trinajstić information content (AvgIpc) is 2.76. The second-order valence-corrected chi connectivity index (χ2v) is 7.39. The van der Waals surface area contributed by atoms with Crippen molar-refractivity contribution in [2.45, 2.75) is 13.0 Å². The van der Waals surface area contributed by atoms with E-state index >= 15 is 0 Å². The molecule has 1 amide bonds. The van der Waals surface area contributed by atoms with Gasteiger partial charge >= 0.3 is 0 Å². The number of anilines is 2. The molecule has 0 spiro atoms. The molecule has 29 heavy (non-hydrogen) atoms. The maximum atomic E-state index is 14.7. The molecule has 1 saturated heterocycles. The predicted octanol–water partition coefficient (Wildman–Crippen LogP) is 1.93. The van der Waals surface area contributed by atoms with E-state index in [0.29, 0.717) is 17.1 Å². The van der Waals surface area contributed by atoms with Gasteiger partial charge in [-0.05, 0) is 25.1 Å². The van der Waals surface area contributed by atoms with Crippen molar-refractivity contribution >= 4 is 23.1 Å². The van der Waals surface area contributed by atoms with Crippen LogP contribution in [0.25, 0.3) is 11.1 Å². The van der Waals surface area contributed by atoms with Crippen molar-refractivity contribution in [2.75, 3.05) is 42.6 Å². The van der Waals surface area contributed by atoms with Crippen molar-refractivity contribution < 1.29 is 13.9 Å². The van der Waals surface area contributed by atoms with E-state index < -0.39 is 6.04 Å². The number of nitrogens with zero attached hydrogens (tertiary/aromatic N) is 3. The lowest BCUT2D eigenvalue weighted by atomic mass is 9.99. The molecule has 0 unspecified atom stereocenters. The summed E-state index contributed by atoms with van der Waals surface area (Å²) in [7, 11) is 0. The Hall–Kier alpha value is -3.13. The number of benzene rings is 2. The van der Waals surface area contributed by atoms with Gasteiger partial charge in [0.15, 0.2) is 5.84 Å². The second kappa shape index (κ2) is 7.04. The number of nitrogens with one attached hydrogen (secondary N) is 2. The first-order valence-corrected chi connectivity index (χ1v) is 9.80. The van der Waals surface area contributed by atoms with Crippen LogP contribution in [-0.2, 0) is 4.79 Å². The number of halogens is 1. The number of hydrogen-bond donors (Lipinski definition) is 2. The van der Waals surface area contributed by atoms with Crippen LogP contribution in [0.3, 0.4) is 0 Å². The number of ether oxygens (including phenoxy) is 1. The maximum absolute atomic E-state index is 14.7. The molecule has 5 rings (SSSR count). The van der Waals surface area contributed by atoms with Crippen molar-refractivity contribution in [1.82, 2.24) is 10.7 Å². The Bertz CT molecular complexity index is 1000. The van der Waals surface area contributed by atoms with Crippen LogP contribution in [-0.4, -0.2) is 50.6 Å². The molecule has 3 aliphatic heterocycles. The summed E-state index contributed by atoms with van der Waals surface area (Å²) in [6, 6.07) is 10.3. The van der Waals surface area contributed by atoms with Crippen LogP contribution >= 0.6 is 0 Å². The quantitative estimate of drug-likeness (QED) is 0.813. The molecule has 0 saturated carbocycles. The van der Waals surface area contributed by atoms with Gasteiger partial charge in [0.25, 0.3) is 5.91 Å². The molecule has 3 aliphatic rings. The fraction of sp³-hybridized carbons (Fsp3) is 0.333. The van der Waals surface area contributed by atoms with Crippen LogP contribution < -0.4 is 25.3 Å². The third kappa shape index (κ3) is 3.00. The zero-order chi connectivity index (χ0) is 20.0. The van der Waals surface area contributed by atoms with Gasteiger partial charge in [-0.3, -0.25) is 4.79 Å². The average molecular weight is 395 g/mol. The summed E-state index contributed by atoms with van der Waals surface area (Å²) in [5, 5.41) is 7.51. The molecule has 2 N–H and O–H groups in total. The molecule has 2 aromatic carbocycles. The molecular formula is C21H22FN5O2. The van der Waals surface area contributed by atoms with Gasteiger partial charge in [-0.25, -0.2) is 9.82 Å². The SMILES string of the molecule is C[C@@H]1C(=O)NN=C2COc3cc(-c4ccccc4F)c(N4CCNCC4)cc3N21. The van der Waals surface area contributed by atoms with E-state index in [2.05, 4.69) is 20.7 Å². The van der Waals surface area contributed by atoms with Gasteiger partial charge < -0.3 is 19.9 Å². The van der Waals surface area contributed by atoms with E-state index in [1.54, 1.807) is 12.1 Å². The largest absolute Gasteiger partial charge is 0.483 e. The topological polar surface area (TPSA) is 69.2 Å². The zero-order valence-corrected chi connectivity index (χ0v) is 16.1. The predicted molar refractivity (Wildman–Crippen MR) is 110 cm³/mol. The number of carbonyl (C=O) groups is 1. The Balaban J connectivity index is 1.69. The van der Waals surface area contributed by atoms with Gasteiger partial charge in [-0.15, -0.1) is 0 Å². The van der Waals surface area contributed by atoms with E-state index in [1.807, 2.05) is 30.0 Å². The highest BCUT2D eigenvalue weighted by Gasteiger charge is 2.36. The van der Waals surface area contributed by atoms with Crippen LogP contribution in [0.5, 0.6) is 5.75 Å². The molecule has 0 aliphatic carbocycles. The summed E-state index contributed by atoms with van der Waals surface area (Å²) >= 11 is 0. The number of carbonyl (C=O) groups excluding carboxylic acids is 1. The molecule has 0 radical (unpaired) electrons. The van der Waals surface area contributed by atoms with E-state index in [0.717, 1.165) is 43.1 Å². The number of amides is 1. The first-order valence-electron chi connectivity index (χ1n) is 9.80. The Morgan fingerprint density at radius 1 is 1.14 bits per heavy atom. The summed E-state index contributed by atoms with van der Waals surface area (Å²) in [5.74, 6) is 0.855. The maximum Gasteiger partial charge on any atom is 0.262 e. The van der Waals surface area contributed by atoms with Crippen LogP contribution in [0, 0.1) is 5.82 Å². The first kappa shape index (κ1) is 17.9. The standard InChI is InChI=1S/C21H22FN5O2/c1-13-21(28)25-24-20-12-29-19-10-15(14-4-2-3-5-16(14)22)17(11-18(19)27(13)20)26-8-6-23-7-9-26/h2-5,10-11,13,23H,6-9,12H2,1H3,(H,25,28)/t13-/m1/s1. The monoisotopic (exact) mass is 395 g/mol. The van der Waals surface area contributed by atoms with Gasteiger partial charge in [0, 0.05) is 43.0 Å². The third-order valence-electron chi connectivity index (χ3n) is 5.66. The van der Waals surface area contributed by atoms with E-state index in [9.17, 15) is 9.18 Å². The Morgan fingerprint density at radius 3 is 2.72 bits per heavy atom. The van der Waals surface area contributed by atoms with Crippen LogP contribution in [0.4, 0.5) is 15.8 Å². The Kier molecular flexibility index (Phi) is 4.35. The Labute approximate surface area is 168 Å². The number of rotatable bonds is 2. The van der Waals surface area contributed by atoms with Crippen molar-refractivity contribution in [3.63, 3.8) is 0 Å². The highest BCUT2D eigenvalue weighted by atomic mass is 19.1. The molecular weight excluding hydrogens is 373 g/mol. The molecule has 2 aromatic rings. The minimum atomic E-state index is -0.402. The summed E-state index contributed by atoms with van der Waals surface area (Å²) < 4.78 is 20.6. The fourth-order valence-electron chi connectivity index (χ4n) is 4.12. The second-order valence-electron chi connectivity index (χ2n) is 7.39. The minimum absolute atomic E-state index is 0.163. The van der Waals surface area contributed by atoms with Crippen molar-refractivity contribution in [3.05, 3.63) is 42.2 Å². The number of piperazine rings is 1. The lowest BCUT2D eigenvalue weighted by molar-refractivity contribution is -0.122. The molecule has 7 nitrogen and oxygen atoms in total. The molecule has 150 valence electrons. The summed E-state index contributed by atoms with van der Waals surface area (Å²) in [6.45, 7) is 5.45. The zero-order valence-electron chi connectivity index (χ0n) is 16.1. The summed E-state index contributed by atoms with van der Waals surface area (Å²) in [6.07, 6.45) is 0. The third-order valence-corrected chi connectivity index (χ3v) is 5.66. The molecule has 3 heterocycles. The van der Waals surface area contributed by atoms with Crippen molar-refractivity contribution in [3.8, 4) is 16.9 Å². The molecule has 0 aromatic heterocycles. The van der Waals surface area contributed by atoms with Crippen LogP contribution in [0.1, 0.15) is 6.92 Å². The fourth-order valence-corrected chi connectivity index (χ4v) is 4.12. The number of fused-ring (bicyclic) bond motifs is 3. The molecule has 1 atom stereocenters. The smallest absolute Gasteiger partial charge is 0.262 e. The van der Waals surface area contributed by atoms with Crippen molar-refractivity contribution in [1.29, 1.82) is 0 Å². The van der Waals surface area contributed by atoms with Crippen LogP contribution in [0.2, 0.25) is 0 Å². The Morgan fingerprint density at radius 2 is 1.93 bits per heavy atom. The first-order chi connectivity index (χ1) is 14.1. The van der Waals surface area contributed by atoms with E-state index in [4.69, 9.17) is 4.74 Å². The van der Waals surface area contributed by atoms with Gasteiger partial charge in [0.1, 0.15) is 24.2 Å². The lowest BCUT2D eigenvalue weighted by Crippen LogP contribution is -2.55. The van der Waals surface area contributed by atoms with Gasteiger partial charge in [0.05, 0.1) is 5.69 Å². The minimum Gasteiger partial charge on any atom is -0.483 e. The van der Waals surface area contributed by atoms with Crippen LogP contribution in [0.15, 0.2) is 41.5 Å². The normalized spacial score (nSPS) is 21.0. The molecule has 8 heteroatoms. The molecule has 0 bridgehead atoms. The van der Waals surface area contributed by atoms with Gasteiger partial charge in [-0.1, -0.05) is 18.2 Å². The number of amidine groups is 1. The summed E-state index contributed by atoms with van der Waals surface area (Å²) in [4.78, 5) is 16.4. The lowest BCUT2D eigenvalue weighted by Gasteiger charge is -2.39. The van der Waals surface area contributed by atoms with Gasteiger partial charge in [0.2, 0.25) is 0 Å². The van der Waals surface area contributed by atoms with Gasteiger partial charge in [-0.2, -0.15) is 5.10 Å². The highest BCUT2D eigenvalue weighted by Crippen LogP contribution is 2.44. The highest BCUT2D eigenvalue weighted by molar-refractivity contribution is 6.10. The van der Waals surface area contributed by atoms with E-state index in [1.165, 1.54) is 6.07 Å². The number of hydrazone groups is 1. The number of hydrogen-bond acceptors (Lipinski definition) is 6.